The van der Waals surface area contributed by atoms with Crippen LogP contribution in [0.1, 0.15) is 45.4 Å². The van der Waals surface area contributed by atoms with E-state index >= 15 is 0 Å². The highest BCUT2D eigenvalue weighted by Crippen LogP contribution is 2.86. The molecule has 0 unspecified atom stereocenters. The molecule has 2 aliphatic heterocycles. The third-order valence-corrected chi connectivity index (χ3v) is 6.82. The van der Waals surface area contributed by atoms with Crippen LogP contribution >= 0.6 is 0 Å². The Kier molecular flexibility index (Phi) is 2.90. The van der Waals surface area contributed by atoms with E-state index in [1.54, 1.807) is 0 Å². The molecule has 0 radical (unpaired) electrons. The molecule has 0 aromatic rings. The van der Waals surface area contributed by atoms with Crippen molar-refractivity contribution in [3.05, 3.63) is 0 Å². The number of rotatable bonds is 2. The molecule has 122 valence electrons. The molecule has 0 amide bonds. The summed E-state index contributed by atoms with van der Waals surface area (Å²) in [6, 6.07) is 4.85. The van der Waals surface area contributed by atoms with Gasteiger partial charge in [-0.3, -0.25) is 5.73 Å². The number of hydrogen-bond acceptors (Lipinski definition) is 5. The summed E-state index contributed by atoms with van der Waals surface area (Å²) in [5.41, 5.74) is 3.80. The predicted molar refractivity (Wildman–Crippen MR) is 80.2 cm³/mol. The minimum absolute atomic E-state index is 0.359. The van der Waals surface area contributed by atoms with Gasteiger partial charge in [0, 0.05) is 5.41 Å². The Morgan fingerprint density at radius 2 is 1.87 bits per heavy atom. The zero-order valence-electron chi connectivity index (χ0n) is 13.5. The zero-order valence-corrected chi connectivity index (χ0v) is 13.5. The summed E-state index contributed by atoms with van der Waals surface area (Å²) >= 11 is 0. The number of nitrogens with two attached hydrogens (primary N) is 1. The Bertz CT molecular complexity index is 646. The molecule has 4 rings (SSSR count). The number of nitrogens with zero attached hydrogens (tertiary/aromatic N) is 2. The van der Waals surface area contributed by atoms with Gasteiger partial charge in [-0.2, -0.15) is 10.5 Å². The first-order valence-corrected chi connectivity index (χ1v) is 8.61. The fraction of sp³-hybridized carbons (Fsp3) is 0.824. The van der Waals surface area contributed by atoms with E-state index in [0.717, 1.165) is 25.7 Å². The number of amidine groups is 1. The van der Waals surface area contributed by atoms with Crippen molar-refractivity contribution in [3.8, 4) is 12.1 Å². The zero-order chi connectivity index (χ0) is 16.3. The number of nitriles is 2. The van der Waals surface area contributed by atoms with E-state index in [-0.39, 0.29) is 0 Å². The van der Waals surface area contributed by atoms with Crippen LogP contribution in [0, 0.1) is 44.8 Å². The molecule has 23 heavy (non-hydrogen) atoms. The summed E-state index contributed by atoms with van der Waals surface area (Å²) in [7, 11) is 0. The van der Waals surface area contributed by atoms with Crippen LogP contribution in [0.5, 0.6) is 0 Å². The van der Waals surface area contributed by atoms with Gasteiger partial charge in [0.2, 0.25) is 0 Å². The number of ether oxygens (including phenoxy) is 2. The third-order valence-electron chi connectivity index (χ3n) is 6.82. The maximum Gasteiger partial charge on any atom is 0.343 e. The monoisotopic (exact) mass is 315 g/mol. The van der Waals surface area contributed by atoms with E-state index in [4.69, 9.17) is 15.2 Å². The first-order chi connectivity index (χ1) is 11.1. The third kappa shape index (κ3) is 1.28. The highest BCUT2D eigenvalue weighted by Gasteiger charge is 3.03. The molecule has 1 saturated heterocycles. The van der Waals surface area contributed by atoms with Crippen LogP contribution in [0.4, 0.5) is 0 Å². The molecule has 3 N–H and O–H groups in total. The van der Waals surface area contributed by atoms with Gasteiger partial charge in [-0.15, -0.1) is 0 Å². The van der Waals surface area contributed by atoms with Gasteiger partial charge < -0.3 is 9.47 Å². The average Bonchev–Trinajstić information content (AvgIpc) is 2.83. The lowest BCUT2D eigenvalue weighted by molar-refractivity contribution is -0.678. The lowest BCUT2D eigenvalue weighted by Gasteiger charge is -2.34. The fourth-order valence-electron chi connectivity index (χ4n) is 5.91. The number of hydrogen-bond donors (Lipinski definition) is 2. The molecule has 3 fully saturated rings. The quantitative estimate of drug-likeness (QED) is 0.754. The maximum atomic E-state index is 10.1. The second kappa shape index (κ2) is 4.47. The van der Waals surface area contributed by atoms with E-state index in [2.05, 4.69) is 24.1 Å². The minimum atomic E-state index is -1.24. The van der Waals surface area contributed by atoms with Crippen LogP contribution in [-0.4, -0.2) is 25.0 Å². The number of fused-ring (bicyclic) bond motifs is 4. The summed E-state index contributed by atoms with van der Waals surface area (Å²) < 4.78 is 11.7. The van der Waals surface area contributed by atoms with E-state index in [0.29, 0.717) is 25.0 Å². The molecule has 0 bridgehead atoms. The summed E-state index contributed by atoms with van der Waals surface area (Å²) in [5, 5.41) is 20.1. The molecule has 6 nitrogen and oxygen atoms in total. The van der Waals surface area contributed by atoms with Gasteiger partial charge in [-0.25, -0.2) is 4.99 Å². The lowest BCUT2D eigenvalue weighted by atomic mass is 9.71. The molecule has 2 atom stereocenters. The summed E-state index contributed by atoms with van der Waals surface area (Å²) in [6.07, 6.45) is 6.17. The van der Waals surface area contributed by atoms with E-state index in [1.807, 2.05) is 0 Å². The first kappa shape index (κ1) is 14.9. The Labute approximate surface area is 136 Å². The van der Waals surface area contributed by atoms with Crippen molar-refractivity contribution in [3.63, 3.8) is 0 Å². The second-order valence-corrected chi connectivity index (χ2v) is 7.39. The predicted octanol–water partition coefficient (Wildman–Crippen LogP) is 0.149. The second-order valence-electron chi connectivity index (χ2n) is 7.39. The first-order valence-electron chi connectivity index (χ1n) is 8.61. The molecule has 6 heteroatoms. The van der Waals surface area contributed by atoms with Gasteiger partial charge in [-0.1, -0.05) is 19.8 Å². The maximum absolute atomic E-state index is 10.1. The van der Waals surface area contributed by atoms with Crippen LogP contribution in [0.25, 0.3) is 0 Å². The highest BCUT2D eigenvalue weighted by atomic mass is 16.8. The Balaban J connectivity index is 1.77. The Hall–Kier alpha value is -1.63. The van der Waals surface area contributed by atoms with Gasteiger partial charge in [0.15, 0.2) is 10.8 Å². The summed E-state index contributed by atoms with van der Waals surface area (Å²) in [4.78, 5) is 3.03. The fourth-order valence-corrected chi connectivity index (χ4v) is 5.91. The standard InChI is InChI=1S/C17H22N4O2/c1-2-3-12-4-6-14(7-5-12)15(10-18)13(20)21-17(16(14,15)11-19)22-8-9-23-17/h12H,2-9H2,1H3,(H2,20,21)/p+1/t12?,14?,15-,16+/m0/s1. The molecule has 0 aromatic carbocycles. The van der Waals surface area contributed by atoms with Crippen molar-refractivity contribution in [1.82, 2.24) is 0 Å². The molecular formula is C17H23N4O2+. The molecule has 0 aromatic heterocycles. The van der Waals surface area contributed by atoms with E-state index in [9.17, 15) is 10.5 Å². The van der Waals surface area contributed by atoms with Gasteiger partial charge in [0.25, 0.3) is 5.84 Å². The Morgan fingerprint density at radius 1 is 1.22 bits per heavy atom. The molecule has 2 spiro atoms. The van der Waals surface area contributed by atoms with E-state index in [1.165, 1.54) is 12.8 Å². The van der Waals surface area contributed by atoms with Crippen LogP contribution in [0.15, 0.2) is 0 Å². The van der Waals surface area contributed by atoms with Gasteiger partial charge in [0.05, 0.1) is 25.4 Å². The topological polar surface area (TPSA) is 106 Å². The van der Waals surface area contributed by atoms with Crippen molar-refractivity contribution in [2.24, 2.45) is 27.9 Å². The average molecular weight is 315 g/mol. The normalized spacial score (nSPS) is 46.2. The van der Waals surface area contributed by atoms with Crippen LogP contribution in [-0.2, 0) is 9.47 Å². The highest BCUT2D eigenvalue weighted by molar-refractivity contribution is 5.95. The van der Waals surface area contributed by atoms with Crippen LogP contribution in [0.3, 0.4) is 0 Å². The summed E-state index contributed by atoms with van der Waals surface area (Å²) in [5.74, 6) is -0.189. The number of nitrogens with one attached hydrogen (secondary N) is 1. The largest absolute Gasteiger partial charge is 0.343 e. The lowest BCUT2D eigenvalue weighted by Crippen LogP contribution is -2.90. The van der Waals surface area contributed by atoms with Crippen molar-refractivity contribution < 1.29 is 14.5 Å². The van der Waals surface area contributed by atoms with Gasteiger partial charge in [-0.05, 0) is 31.6 Å². The van der Waals surface area contributed by atoms with Crippen LogP contribution in [0.2, 0.25) is 0 Å². The summed E-state index contributed by atoms with van der Waals surface area (Å²) in [6.45, 7) is 3.04. The SMILES string of the molecule is CCCC1CCC2(CC1)[C@@]1(C#N)C3([NH+]=C(N)[C@@]21C#N)OCCO3. The molecule has 2 aliphatic carbocycles. The van der Waals surface area contributed by atoms with Crippen molar-refractivity contribution in [2.45, 2.75) is 51.4 Å². The molecule has 2 saturated carbocycles. The van der Waals surface area contributed by atoms with Gasteiger partial charge >= 0.3 is 5.91 Å². The minimum Gasteiger partial charge on any atom is -0.311 e. The molecular weight excluding hydrogens is 292 g/mol. The Morgan fingerprint density at radius 3 is 2.39 bits per heavy atom. The van der Waals surface area contributed by atoms with Crippen molar-refractivity contribution >= 4 is 5.84 Å². The smallest absolute Gasteiger partial charge is 0.311 e. The molecule has 4 aliphatic rings. The van der Waals surface area contributed by atoms with E-state index < -0.39 is 22.2 Å². The van der Waals surface area contributed by atoms with Crippen molar-refractivity contribution in [2.75, 3.05) is 13.2 Å². The van der Waals surface area contributed by atoms with Gasteiger partial charge in [0.1, 0.15) is 0 Å². The molecule has 2 heterocycles. The van der Waals surface area contributed by atoms with Crippen molar-refractivity contribution in [1.29, 1.82) is 10.5 Å². The van der Waals surface area contributed by atoms with Crippen LogP contribution < -0.4 is 10.7 Å².